The van der Waals surface area contributed by atoms with Gasteiger partial charge in [0, 0.05) is 0 Å². The molecule has 0 fully saturated rings. The summed E-state index contributed by atoms with van der Waals surface area (Å²) >= 11 is 11.7. The Hall–Kier alpha value is -1.85. The average Bonchev–Trinajstić information content (AvgIpc) is 2.33. The molecule has 2 rings (SSSR count). The molecule has 0 aliphatic rings. The number of primary amides is 1. The van der Waals surface area contributed by atoms with Crippen LogP contribution in [-0.4, -0.2) is 15.5 Å². The molecule has 1 aromatic carbocycles. The number of hydrogen-bond donors (Lipinski definition) is 1. The van der Waals surface area contributed by atoms with Crippen LogP contribution < -0.4 is 11.3 Å². The second-order valence-electron chi connectivity index (χ2n) is 3.84. The van der Waals surface area contributed by atoms with Crippen LogP contribution in [0.25, 0.3) is 5.69 Å². The minimum Gasteiger partial charge on any atom is -0.365 e. The SMILES string of the molecule is Cc1ncn(-c2ccc(Cl)c(Cl)c2)c(=O)c1C(N)=O. The van der Waals surface area contributed by atoms with Crippen LogP contribution in [0.5, 0.6) is 0 Å². The number of benzene rings is 1. The molecular formula is C12H9Cl2N3O2. The van der Waals surface area contributed by atoms with Crippen molar-refractivity contribution in [2.45, 2.75) is 6.92 Å². The van der Waals surface area contributed by atoms with Gasteiger partial charge < -0.3 is 5.73 Å². The zero-order valence-electron chi connectivity index (χ0n) is 9.85. The predicted molar refractivity (Wildman–Crippen MR) is 73.1 cm³/mol. The molecule has 1 aromatic heterocycles. The maximum absolute atomic E-state index is 12.2. The van der Waals surface area contributed by atoms with Crippen LogP contribution in [0, 0.1) is 6.92 Å². The van der Waals surface area contributed by atoms with Crippen LogP contribution in [0.15, 0.2) is 29.3 Å². The number of carbonyl (C=O) groups excluding carboxylic acids is 1. The molecule has 0 saturated heterocycles. The summed E-state index contributed by atoms with van der Waals surface area (Å²) in [6, 6.07) is 4.65. The second kappa shape index (κ2) is 5.03. The van der Waals surface area contributed by atoms with E-state index in [-0.39, 0.29) is 11.3 Å². The highest BCUT2D eigenvalue weighted by Crippen LogP contribution is 2.23. The van der Waals surface area contributed by atoms with Gasteiger partial charge in [-0.1, -0.05) is 23.2 Å². The summed E-state index contributed by atoms with van der Waals surface area (Å²) in [6.07, 6.45) is 1.31. The third-order valence-corrected chi connectivity index (χ3v) is 3.33. The van der Waals surface area contributed by atoms with Gasteiger partial charge in [0.2, 0.25) is 0 Å². The molecule has 0 aliphatic carbocycles. The molecule has 0 spiro atoms. The highest BCUT2D eigenvalue weighted by atomic mass is 35.5. The van der Waals surface area contributed by atoms with Crippen molar-refractivity contribution in [3.8, 4) is 5.69 Å². The Bertz CT molecular complexity index is 725. The van der Waals surface area contributed by atoms with E-state index in [1.807, 2.05) is 0 Å². The van der Waals surface area contributed by atoms with Crippen molar-refractivity contribution in [2.75, 3.05) is 0 Å². The minimum absolute atomic E-state index is 0.145. The Kier molecular flexibility index (Phi) is 3.59. The van der Waals surface area contributed by atoms with Gasteiger partial charge in [-0.25, -0.2) is 4.98 Å². The second-order valence-corrected chi connectivity index (χ2v) is 4.66. The van der Waals surface area contributed by atoms with E-state index in [0.717, 1.165) is 0 Å². The number of aryl methyl sites for hydroxylation is 1. The van der Waals surface area contributed by atoms with E-state index in [1.54, 1.807) is 19.1 Å². The number of amides is 1. The number of carbonyl (C=O) groups is 1. The molecule has 2 N–H and O–H groups in total. The lowest BCUT2D eigenvalue weighted by molar-refractivity contribution is 0.0997. The molecule has 1 heterocycles. The van der Waals surface area contributed by atoms with Gasteiger partial charge in [-0.15, -0.1) is 0 Å². The predicted octanol–water partition coefficient (Wildman–Crippen LogP) is 1.95. The van der Waals surface area contributed by atoms with Gasteiger partial charge in [-0.2, -0.15) is 0 Å². The van der Waals surface area contributed by atoms with Crippen molar-refractivity contribution < 1.29 is 4.79 Å². The van der Waals surface area contributed by atoms with Crippen molar-refractivity contribution in [3.63, 3.8) is 0 Å². The minimum atomic E-state index is -0.815. The van der Waals surface area contributed by atoms with Gasteiger partial charge >= 0.3 is 0 Å². The van der Waals surface area contributed by atoms with Crippen molar-refractivity contribution >= 4 is 29.1 Å². The molecule has 2 aromatic rings. The Morgan fingerprint density at radius 3 is 2.58 bits per heavy atom. The van der Waals surface area contributed by atoms with Crippen molar-refractivity contribution in [2.24, 2.45) is 5.73 Å². The first-order valence-corrected chi connectivity index (χ1v) is 6.01. The van der Waals surface area contributed by atoms with Gasteiger partial charge in [0.1, 0.15) is 11.9 Å². The Balaban J connectivity index is 2.70. The van der Waals surface area contributed by atoms with E-state index in [2.05, 4.69) is 4.98 Å². The van der Waals surface area contributed by atoms with Crippen molar-refractivity contribution in [1.29, 1.82) is 0 Å². The zero-order valence-corrected chi connectivity index (χ0v) is 11.4. The molecule has 5 nitrogen and oxygen atoms in total. The summed E-state index contributed by atoms with van der Waals surface area (Å²) < 4.78 is 1.19. The lowest BCUT2D eigenvalue weighted by Crippen LogP contribution is -2.30. The normalized spacial score (nSPS) is 10.5. The Morgan fingerprint density at radius 1 is 1.32 bits per heavy atom. The summed E-state index contributed by atoms with van der Waals surface area (Å²) in [5.41, 5.74) is 5.23. The van der Waals surface area contributed by atoms with E-state index in [4.69, 9.17) is 28.9 Å². The zero-order chi connectivity index (χ0) is 14.2. The molecular weight excluding hydrogens is 289 g/mol. The van der Waals surface area contributed by atoms with Crippen molar-refractivity contribution in [3.05, 3.63) is 56.2 Å². The summed E-state index contributed by atoms with van der Waals surface area (Å²) in [5, 5.41) is 0.668. The molecule has 98 valence electrons. The average molecular weight is 298 g/mol. The number of hydrogen-bond acceptors (Lipinski definition) is 3. The molecule has 0 atom stereocenters. The molecule has 19 heavy (non-hydrogen) atoms. The van der Waals surface area contributed by atoms with E-state index >= 15 is 0 Å². The molecule has 0 bridgehead atoms. The lowest BCUT2D eigenvalue weighted by Gasteiger charge is -2.08. The van der Waals surface area contributed by atoms with Gasteiger partial charge in [-0.3, -0.25) is 14.2 Å². The molecule has 0 aliphatic heterocycles. The number of aromatic nitrogens is 2. The van der Waals surface area contributed by atoms with Crippen LogP contribution in [0.4, 0.5) is 0 Å². The molecule has 7 heteroatoms. The summed E-state index contributed by atoms with van der Waals surface area (Å²) in [6.45, 7) is 1.54. The van der Waals surface area contributed by atoms with Gasteiger partial charge in [0.15, 0.2) is 0 Å². The highest BCUT2D eigenvalue weighted by molar-refractivity contribution is 6.42. The van der Waals surface area contributed by atoms with Gasteiger partial charge in [-0.05, 0) is 25.1 Å². The smallest absolute Gasteiger partial charge is 0.271 e. The highest BCUT2D eigenvalue weighted by Gasteiger charge is 2.15. The third kappa shape index (κ3) is 2.47. The van der Waals surface area contributed by atoms with Gasteiger partial charge in [0.25, 0.3) is 11.5 Å². The molecule has 1 amide bonds. The van der Waals surface area contributed by atoms with E-state index < -0.39 is 11.5 Å². The summed E-state index contributed by atoms with van der Waals surface area (Å²) in [4.78, 5) is 27.4. The lowest BCUT2D eigenvalue weighted by atomic mass is 10.2. The quantitative estimate of drug-likeness (QED) is 0.920. The first-order chi connectivity index (χ1) is 8.91. The largest absolute Gasteiger partial charge is 0.365 e. The van der Waals surface area contributed by atoms with Gasteiger partial charge in [0.05, 0.1) is 21.4 Å². The third-order valence-electron chi connectivity index (χ3n) is 2.59. The van der Waals surface area contributed by atoms with E-state index in [0.29, 0.717) is 15.7 Å². The Morgan fingerprint density at radius 2 is 2.00 bits per heavy atom. The number of nitrogens with zero attached hydrogens (tertiary/aromatic N) is 2. The molecule has 0 saturated carbocycles. The van der Waals surface area contributed by atoms with E-state index in [9.17, 15) is 9.59 Å². The fourth-order valence-electron chi connectivity index (χ4n) is 1.64. The van der Waals surface area contributed by atoms with Crippen LogP contribution in [0.2, 0.25) is 10.0 Å². The van der Waals surface area contributed by atoms with E-state index in [1.165, 1.54) is 17.0 Å². The van der Waals surface area contributed by atoms with Crippen LogP contribution in [0.3, 0.4) is 0 Å². The first-order valence-electron chi connectivity index (χ1n) is 5.25. The van der Waals surface area contributed by atoms with Crippen LogP contribution in [-0.2, 0) is 0 Å². The summed E-state index contributed by atoms with van der Waals surface area (Å²) in [7, 11) is 0. The maximum atomic E-state index is 12.2. The number of halogens is 2. The van der Waals surface area contributed by atoms with Crippen LogP contribution >= 0.6 is 23.2 Å². The number of nitrogens with two attached hydrogens (primary N) is 1. The van der Waals surface area contributed by atoms with Crippen LogP contribution in [0.1, 0.15) is 16.1 Å². The monoisotopic (exact) mass is 297 g/mol. The Labute approximate surface area is 118 Å². The fourth-order valence-corrected chi connectivity index (χ4v) is 1.93. The van der Waals surface area contributed by atoms with Crippen molar-refractivity contribution in [1.82, 2.24) is 9.55 Å². The topological polar surface area (TPSA) is 78.0 Å². The standard InChI is InChI=1S/C12H9Cl2N3O2/c1-6-10(11(15)18)12(19)17(5-16-6)7-2-3-8(13)9(14)4-7/h2-5H,1H3,(H2,15,18). The molecule has 0 radical (unpaired) electrons. The number of rotatable bonds is 2. The maximum Gasteiger partial charge on any atom is 0.271 e. The molecule has 0 unspecified atom stereocenters. The summed E-state index contributed by atoms with van der Waals surface area (Å²) in [5.74, 6) is -0.815. The first kappa shape index (κ1) is 13.6. The fraction of sp³-hybridized carbons (Fsp3) is 0.0833.